The molecule has 0 aromatic heterocycles. The number of amides is 1. The van der Waals surface area contributed by atoms with E-state index in [0.29, 0.717) is 5.92 Å². The van der Waals surface area contributed by atoms with Gasteiger partial charge in [0.25, 0.3) is 16.0 Å². The van der Waals surface area contributed by atoms with Crippen molar-refractivity contribution >= 4 is 21.7 Å². The summed E-state index contributed by atoms with van der Waals surface area (Å²) in [5, 5.41) is 3.21. The van der Waals surface area contributed by atoms with E-state index in [1.165, 1.54) is 17.7 Å². The maximum Gasteiger partial charge on any atom is 0.294 e. The molecular weight excluding hydrogens is 440 g/mol. The van der Waals surface area contributed by atoms with Gasteiger partial charge < -0.3 is 16.0 Å². The Morgan fingerprint density at radius 3 is 2.19 bits per heavy atom. The number of hydrogen-bond acceptors (Lipinski definition) is 5. The summed E-state index contributed by atoms with van der Waals surface area (Å²) in [4.78, 5) is 13.1. The standard InChI is InChI=1S/C15H19F2N3O.C7H8O3S/c16-15(17)5-6-20(13(7-15)14(18)21)12-3-1-10(2-4-12)11-8-19-9-11;1-6-2-4-7(5-3-6)11(8,9)10/h1-4,11,13,19H,5-9H2,(H2,18,21);2-5H,1H3,(H,8,9,10). The fourth-order valence-electron chi connectivity index (χ4n) is 3.67. The van der Waals surface area contributed by atoms with E-state index in [4.69, 9.17) is 10.3 Å². The average molecular weight is 468 g/mol. The second-order valence-corrected chi connectivity index (χ2v) is 9.58. The van der Waals surface area contributed by atoms with Crippen molar-refractivity contribution in [1.82, 2.24) is 5.32 Å². The number of aryl methyl sites for hydroxylation is 1. The quantitative estimate of drug-likeness (QED) is 0.596. The molecule has 4 rings (SSSR count). The van der Waals surface area contributed by atoms with Crippen molar-refractivity contribution in [3.63, 3.8) is 0 Å². The van der Waals surface area contributed by atoms with Crippen molar-refractivity contribution in [3.05, 3.63) is 59.7 Å². The topological polar surface area (TPSA) is 113 Å². The van der Waals surface area contributed by atoms with Crippen LogP contribution in [0.3, 0.4) is 0 Å². The molecule has 2 aliphatic heterocycles. The number of nitrogens with two attached hydrogens (primary N) is 1. The number of carbonyl (C=O) groups is 1. The second kappa shape index (κ2) is 9.51. The van der Waals surface area contributed by atoms with Gasteiger partial charge in [-0.2, -0.15) is 8.42 Å². The Balaban J connectivity index is 0.000000222. The Labute approximate surface area is 186 Å². The monoisotopic (exact) mass is 467 g/mol. The highest BCUT2D eigenvalue weighted by molar-refractivity contribution is 7.85. The summed E-state index contributed by atoms with van der Waals surface area (Å²) in [6.45, 7) is 3.93. The molecule has 32 heavy (non-hydrogen) atoms. The van der Waals surface area contributed by atoms with E-state index in [9.17, 15) is 22.0 Å². The van der Waals surface area contributed by atoms with Gasteiger partial charge in [-0.15, -0.1) is 0 Å². The van der Waals surface area contributed by atoms with Crippen molar-refractivity contribution < 1.29 is 26.5 Å². The van der Waals surface area contributed by atoms with E-state index in [0.717, 1.165) is 24.3 Å². The van der Waals surface area contributed by atoms with E-state index >= 15 is 0 Å². The largest absolute Gasteiger partial charge is 0.368 e. The highest BCUT2D eigenvalue weighted by Gasteiger charge is 2.42. The second-order valence-electron chi connectivity index (χ2n) is 8.16. The molecule has 2 aromatic carbocycles. The number of hydrogen-bond donors (Lipinski definition) is 3. The van der Waals surface area contributed by atoms with Crippen LogP contribution in [0.5, 0.6) is 0 Å². The third-order valence-corrected chi connectivity index (χ3v) is 6.58. The van der Waals surface area contributed by atoms with Crippen molar-refractivity contribution in [1.29, 1.82) is 0 Å². The fourth-order valence-corrected chi connectivity index (χ4v) is 4.15. The molecule has 0 radical (unpaired) electrons. The first-order chi connectivity index (χ1) is 15.0. The maximum absolute atomic E-state index is 13.5. The minimum absolute atomic E-state index is 0.0666. The van der Waals surface area contributed by atoms with E-state index in [2.05, 4.69) is 5.32 Å². The highest BCUT2D eigenvalue weighted by atomic mass is 32.2. The van der Waals surface area contributed by atoms with Crippen molar-refractivity contribution in [2.75, 3.05) is 24.5 Å². The molecule has 0 spiro atoms. The first-order valence-electron chi connectivity index (χ1n) is 10.2. The Kier molecular flexibility index (Phi) is 7.16. The predicted octanol–water partition coefficient (Wildman–Crippen LogP) is 2.70. The number of halogens is 2. The maximum atomic E-state index is 13.5. The molecular formula is C22H27F2N3O4S. The normalized spacial score (nSPS) is 20.6. The van der Waals surface area contributed by atoms with Gasteiger partial charge in [-0.1, -0.05) is 29.8 Å². The van der Waals surface area contributed by atoms with Crippen LogP contribution in [-0.2, 0) is 14.9 Å². The summed E-state index contributed by atoms with van der Waals surface area (Å²) in [6.07, 6.45) is -0.748. The molecule has 2 fully saturated rings. The lowest BCUT2D eigenvalue weighted by atomic mass is 9.93. The predicted molar refractivity (Wildman–Crippen MR) is 118 cm³/mol. The van der Waals surface area contributed by atoms with Crippen LogP contribution >= 0.6 is 0 Å². The number of anilines is 1. The molecule has 2 saturated heterocycles. The number of benzene rings is 2. The van der Waals surface area contributed by atoms with E-state index in [1.807, 2.05) is 31.2 Å². The van der Waals surface area contributed by atoms with Gasteiger partial charge >= 0.3 is 0 Å². The van der Waals surface area contributed by atoms with Gasteiger partial charge in [0.15, 0.2) is 0 Å². The summed E-state index contributed by atoms with van der Waals surface area (Å²) in [5.41, 5.74) is 8.27. The van der Waals surface area contributed by atoms with Crippen molar-refractivity contribution in [2.24, 2.45) is 5.73 Å². The molecule has 7 nitrogen and oxygen atoms in total. The van der Waals surface area contributed by atoms with Crippen LogP contribution < -0.4 is 16.0 Å². The van der Waals surface area contributed by atoms with E-state index in [-0.39, 0.29) is 17.9 Å². The minimum Gasteiger partial charge on any atom is -0.368 e. The Bertz CT molecular complexity index is 1040. The van der Waals surface area contributed by atoms with Crippen molar-refractivity contribution in [3.8, 4) is 0 Å². The molecule has 2 aliphatic rings. The molecule has 4 N–H and O–H groups in total. The van der Waals surface area contributed by atoms with Gasteiger partial charge in [0.1, 0.15) is 6.04 Å². The molecule has 0 saturated carbocycles. The molecule has 174 valence electrons. The van der Waals surface area contributed by atoms with Gasteiger partial charge in [-0.25, -0.2) is 8.78 Å². The third-order valence-electron chi connectivity index (χ3n) is 5.71. The summed E-state index contributed by atoms with van der Waals surface area (Å²) >= 11 is 0. The fraction of sp³-hybridized carbons (Fsp3) is 0.409. The molecule has 2 heterocycles. The zero-order valence-corrected chi connectivity index (χ0v) is 18.5. The van der Waals surface area contributed by atoms with Crippen LogP contribution in [0.25, 0.3) is 0 Å². The molecule has 0 bridgehead atoms. The van der Waals surface area contributed by atoms with Crippen LogP contribution in [0.1, 0.15) is 29.9 Å². The summed E-state index contributed by atoms with van der Waals surface area (Å²) in [6, 6.07) is 12.9. The first-order valence-corrected chi connectivity index (χ1v) is 11.7. The zero-order valence-electron chi connectivity index (χ0n) is 17.7. The van der Waals surface area contributed by atoms with Gasteiger partial charge in [-0.05, 0) is 36.8 Å². The molecule has 2 aromatic rings. The van der Waals surface area contributed by atoms with Gasteiger partial charge in [-0.3, -0.25) is 9.35 Å². The third kappa shape index (κ3) is 6.02. The summed E-state index contributed by atoms with van der Waals surface area (Å²) < 4.78 is 56.5. The minimum atomic E-state index is -4.02. The van der Waals surface area contributed by atoms with Gasteiger partial charge in [0, 0.05) is 44.1 Å². The molecule has 1 atom stereocenters. The van der Waals surface area contributed by atoms with Crippen LogP contribution in [0.15, 0.2) is 53.4 Å². The summed E-state index contributed by atoms with van der Waals surface area (Å²) in [7, 11) is -4.02. The number of piperidine rings is 1. The SMILES string of the molecule is Cc1ccc(S(=O)(=O)O)cc1.NC(=O)C1CC(F)(F)CCN1c1ccc(C2CNC2)cc1. The highest BCUT2D eigenvalue weighted by Crippen LogP contribution is 2.35. The Morgan fingerprint density at radius 1 is 1.12 bits per heavy atom. The van der Waals surface area contributed by atoms with E-state index in [1.54, 1.807) is 17.0 Å². The molecule has 0 aliphatic carbocycles. The Morgan fingerprint density at radius 2 is 1.72 bits per heavy atom. The number of rotatable bonds is 4. The number of alkyl halides is 2. The summed E-state index contributed by atoms with van der Waals surface area (Å²) in [5.74, 6) is -2.98. The lowest BCUT2D eigenvalue weighted by Gasteiger charge is -2.39. The average Bonchev–Trinajstić information content (AvgIpc) is 2.67. The van der Waals surface area contributed by atoms with Crippen LogP contribution in [0.4, 0.5) is 14.5 Å². The van der Waals surface area contributed by atoms with Crippen LogP contribution in [0.2, 0.25) is 0 Å². The number of carbonyl (C=O) groups excluding carboxylic acids is 1. The molecule has 10 heteroatoms. The lowest BCUT2D eigenvalue weighted by molar-refractivity contribution is -0.123. The molecule has 1 amide bonds. The van der Waals surface area contributed by atoms with E-state index < -0.39 is 34.4 Å². The lowest BCUT2D eigenvalue weighted by Crippen LogP contribution is -2.53. The van der Waals surface area contributed by atoms with Crippen LogP contribution in [-0.4, -0.2) is 50.5 Å². The number of nitrogens with zero attached hydrogens (tertiary/aromatic N) is 1. The van der Waals surface area contributed by atoms with Crippen LogP contribution in [0, 0.1) is 6.92 Å². The van der Waals surface area contributed by atoms with Gasteiger partial charge in [0.2, 0.25) is 5.91 Å². The van der Waals surface area contributed by atoms with Gasteiger partial charge in [0.05, 0.1) is 4.90 Å². The Hall–Kier alpha value is -2.56. The molecule has 1 unspecified atom stereocenters. The smallest absolute Gasteiger partial charge is 0.294 e. The first kappa shape index (κ1) is 24.1. The van der Waals surface area contributed by atoms with Crippen molar-refractivity contribution in [2.45, 2.75) is 42.5 Å². The zero-order chi connectivity index (χ0) is 23.5. The number of primary amides is 1. The number of nitrogens with one attached hydrogen (secondary N) is 1.